The van der Waals surface area contributed by atoms with Crippen molar-refractivity contribution in [1.29, 1.82) is 5.26 Å². The number of aryl methyl sites for hydroxylation is 1. The third-order valence-electron chi connectivity index (χ3n) is 3.98. The maximum Gasteiger partial charge on any atom is 0.166 e. The molecular weight excluding hydrogens is 262 g/mol. The molecule has 3 rings (SSSR count). The number of fused-ring (bicyclic) bond motifs is 1. The van der Waals surface area contributed by atoms with E-state index in [-0.39, 0.29) is 5.78 Å². The van der Waals surface area contributed by atoms with Gasteiger partial charge in [-0.1, -0.05) is 19.1 Å². The lowest BCUT2D eigenvalue weighted by Gasteiger charge is -2.13. The first-order valence-electron chi connectivity index (χ1n) is 7.33. The third-order valence-corrected chi connectivity index (χ3v) is 3.98. The van der Waals surface area contributed by atoms with E-state index < -0.39 is 0 Å². The maximum atomic E-state index is 12.1. The zero-order valence-electron chi connectivity index (χ0n) is 12.1. The summed E-state index contributed by atoms with van der Waals surface area (Å²) in [5.41, 5.74) is 4.61. The predicted octanol–water partition coefficient (Wildman–Crippen LogP) is 2.88. The molecule has 1 heterocycles. The number of aromatic nitrogens is 2. The Balaban J connectivity index is 1.95. The van der Waals surface area contributed by atoms with E-state index in [1.165, 1.54) is 0 Å². The topological polar surface area (TPSA) is 58.7 Å². The van der Waals surface area contributed by atoms with Crippen LogP contribution in [-0.4, -0.2) is 15.6 Å². The largest absolute Gasteiger partial charge is 0.294 e. The van der Waals surface area contributed by atoms with Crippen LogP contribution in [0.4, 0.5) is 0 Å². The molecule has 0 N–H and O–H groups in total. The number of nitrogens with zero attached hydrogens (tertiary/aromatic N) is 3. The Bertz CT molecular complexity index is 720. The van der Waals surface area contributed by atoms with Gasteiger partial charge in [0.25, 0.3) is 0 Å². The van der Waals surface area contributed by atoms with E-state index in [0.717, 1.165) is 41.8 Å². The zero-order chi connectivity index (χ0) is 14.8. The number of Topliss-reactive ketones (excluding diaryl/α,β-unsaturated/α-hetero) is 1. The lowest BCUT2D eigenvalue weighted by Crippen LogP contribution is -2.14. The van der Waals surface area contributed by atoms with Crippen molar-refractivity contribution in [3.05, 3.63) is 52.3 Å². The number of carbonyl (C=O) groups excluding carboxylic acids is 1. The Hall–Kier alpha value is -2.41. The molecule has 0 radical (unpaired) electrons. The van der Waals surface area contributed by atoms with Gasteiger partial charge >= 0.3 is 0 Å². The summed E-state index contributed by atoms with van der Waals surface area (Å²) in [6, 6.07) is 9.65. The van der Waals surface area contributed by atoms with Gasteiger partial charge in [0.15, 0.2) is 5.78 Å². The summed E-state index contributed by atoms with van der Waals surface area (Å²) in [5, 5.41) is 13.5. The molecule has 0 bridgehead atoms. The molecule has 0 amide bonds. The second-order valence-corrected chi connectivity index (χ2v) is 5.37. The van der Waals surface area contributed by atoms with E-state index >= 15 is 0 Å². The van der Waals surface area contributed by atoms with Crippen LogP contribution in [0.2, 0.25) is 0 Å². The van der Waals surface area contributed by atoms with E-state index in [4.69, 9.17) is 5.26 Å². The Morgan fingerprint density at radius 2 is 2.05 bits per heavy atom. The number of benzene rings is 1. The molecule has 0 aliphatic heterocycles. The smallest absolute Gasteiger partial charge is 0.166 e. The highest BCUT2D eigenvalue weighted by molar-refractivity contribution is 5.99. The van der Waals surface area contributed by atoms with E-state index in [1.54, 1.807) is 0 Å². The summed E-state index contributed by atoms with van der Waals surface area (Å²) in [6.45, 7) is 2.69. The number of carbonyl (C=O) groups is 1. The predicted molar refractivity (Wildman–Crippen MR) is 79.1 cm³/mol. The van der Waals surface area contributed by atoms with Crippen molar-refractivity contribution in [3.63, 3.8) is 0 Å². The molecule has 21 heavy (non-hydrogen) atoms. The molecule has 4 heteroatoms. The zero-order valence-corrected chi connectivity index (χ0v) is 12.1. The van der Waals surface area contributed by atoms with Gasteiger partial charge in [-0.2, -0.15) is 10.4 Å². The van der Waals surface area contributed by atoms with Crippen molar-refractivity contribution < 1.29 is 4.79 Å². The third kappa shape index (κ3) is 2.47. The number of rotatable bonds is 3. The highest BCUT2D eigenvalue weighted by Crippen LogP contribution is 2.25. The quantitative estimate of drug-likeness (QED) is 0.868. The first-order chi connectivity index (χ1) is 10.2. The molecule has 106 valence electrons. The van der Waals surface area contributed by atoms with Gasteiger partial charge in [-0.3, -0.25) is 9.48 Å². The van der Waals surface area contributed by atoms with Crippen molar-refractivity contribution in [1.82, 2.24) is 9.78 Å². The fourth-order valence-corrected chi connectivity index (χ4v) is 2.90. The van der Waals surface area contributed by atoms with Crippen LogP contribution in [-0.2, 0) is 19.4 Å². The summed E-state index contributed by atoms with van der Waals surface area (Å²) in [7, 11) is 0. The molecule has 1 aromatic carbocycles. The average molecular weight is 279 g/mol. The van der Waals surface area contributed by atoms with Gasteiger partial charge in [-0.25, -0.2) is 0 Å². The Kier molecular flexibility index (Phi) is 3.57. The van der Waals surface area contributed by atoms with Gasteiger partial charge in [-0.05, 0) is 37.0 Å². The second-order valence-electron chi connectivity index (χ2n) is 5.37. The molecule has 0 saturated heterocycles. The van der Waals surface area contributed by atoms with Crippen LogP contribution in [0, 0.1) is 11.3 Å². The minimum Gasteiger partial charge on any atom is -0.294 e. The lowest BCUT2D eigenvalue weighted by atomic mass is 9.94. The molecule has 0 spiro atoms. The van der Waals surface area contributed by atoms with Crippen LogP contribution in [0.3, 0.4) is 0 Å². The van der Waals surface area contributed by atoms with Gasteiger partial charge in [0, 0.05) is 12.1 Å². The molecular formula is C17H17N3O. The van der Waals surface area contributed by atoms with E-state index in [0.29, 0.717) is 18.5 Å². The van der Waals surface area contributed by atoms with Crippen molar-refractivity contribution >= 4 is 5.78 Å². The summed E-state index contributed by atoms with van der Waals surface area (Å²) in [5.74, 6) is 0.235. The summed E-state index contributed by atoms with van der Waals surface area (Å²) >= 11 is 0. The van der Waals surface area contributed by atoms with Gasteiger partial charge < -0.3 is 0 Å². The molecule has 1 aliphatic carbocycles. The fraction of sp³-hybridized carbons (Fsp3) is 0.353. The first-order valence-corrected chi connectivity index (χ1v) is 7.33. The van der Waals surface area contributed by atoms with Crippen molar-refractivity contribution in [2.45, 2.75) is 39.2 Å². The SMILES string of the molecule is CCc1nn(Cc2ccc(C#N)cc2)c2c1C(=O)CCC2. The number of hydrogen-bond acceptors (Lipinski definition) is 3. The highest BCUT2D eigenvalue weighted by Gasteiger charge is 2.25. The van der Waals surface area contributed by atoms with Gasteiger partial charge in [0.05, 0.1) is 29.4 Å². The van der Waals surface area contributed by atoms with Crippen LogP contribution < -0.4 is 0 Å². The fourth-order valence-electron chi connectivity index (χ4n) is 2.90. The van der Waals surface area contributed by atoms with Gasteiger partial charge in [0.2, 0.25) is 0 Å². The number of ketones is 1. The molecule has 0 unspecified atom stereocenters. The maximum absolute atomic E-state index is 12.1. The standard InChI is InChI=1S/C17H17N3O/c1-2-14-17-15(4-3-5-16(17)21)20(19-14)11-13-8-6-12(10-18)7-9-13/h6-9H,2-5,11H2,1H3. The van der Waals surface area contributed by atoms with Crippen molar-refractivity contribution in [3.8, 4) is 6.07 Å². The van der Waals surface area contributed by atoms with Crippen LogP contribution in [0.25, 0.3) is 0 Å². The molecule has 0 saturated carbocycles. The van der Waals surface area contributed by atoms with Crippen molar-refractivity contribution in [2.75, 3.05) is 0 Å². The van der Waals surface area contributed by atoms with Crippen LogP contribution in [0.15, 0.2) is 24.3 Å². The van der Waals surface area contributed by atoms with E-state index in [9.17, 15) is 4.79 Å². The van der Waals surface area contributed by atoms with Crippen LogP contribution >= 0.6 is 0 Å². The van der Waals surface area contributed by atoms with Gasteiger partial charge in [0.1, 0.15) is 0 Å². The minimum absolute atomic E-state index is 0.235. The minimum atomic E-state index is 0.235. The van der Waals surface area contributed by atoms with Gasteiger partial charge in [-0.15, -0.1) is 0 Å². The molecule has 4 nitrogen and oxygen atoms in total. The molecule has 0 fully saturated rings. The Labute approximate surface area is 124 Å². The summed E-state index contributed by atoms with van der Waals surface area (Å²) < 4.78 is 1.96. The molecule has 1 aliphatic rings. The Morgan fingerprint density at radius 1 is 1.29 bits per heavy atom. The summed E-state index contributed by atoms with van der Waals surface area (Å²) in [4.78, 5) is 12.1. The molecule has 0 atom stereocenters. The second kappa shape index (κ2) is 5.53. The monoisotopic (exact) mass is 279 g/mol. The normalized spacial score (nSPS) is 13.8. The summed E-state index contributed by atoms with van der Waals surface area (Å²) in [6.07, 6.45) is 3.26. The highest BCUT2D eigenvalue weighted by atomic mass is 16.1. The van der Waals surface area contributed by atoms with Crippen LogP contribution in [0.1, 0.15) is 52.6 Å². The van der Waals surface area contributed by atoms with Crippen molar-refractivity contribution in [2.24, 2.45) is 0 Å². The molecule has 2 aromatic rings. The van der Waals surface area contributed by atoms with E-state index in [1.807, 2.05) is 35.9 Å². The van der Waals surface area contributed by atoms with Crippen LogP contribution in [0.5, 0.6) is 0 Å². The lowest BCUT2D eigenvalue weighted by molar-refractivity contribution is 0.0971. The number of nitriles is 1. The molecule has 1 aromatic heterocycles. The number of hydrogen-bond donors (Lipinski definition) is 0. The average Bonchev–Trinajstić information content (AvgIpc) is 2.87. The van der Waals surface area contributed by atoms with E-state index in [2.05, 4.69) is 11.2 Å². The first kappa shape index (κ1) is 13.6. The Morgan fingerprint density at radius 3 is 2.71 bits per heavy atom.